The number of carboxylic acid groups (broad SMARTS) is 1. The third-order valence-electron chi connectivity index (χ3n) is 2.50. The van der Waals surface area contributed by atoms with E-state index in [0.29, 0.717) is 15.7 Å². The standard InChI is InChI=1S/C12H8BrFN2O3/c1-6-4-7(13)8(14)5-9(6)16-3-2-10(17)11(15-16)12(18)19/h2-5H,1H3,(H,18,19). The van der Waals surface area contributed by atoms with Gasteiger partial charge in [0.2, 0.25) is 11.1 Å². The highest BCUT2D eigenvalue weighted by atomic mass is 79.9. The van der Waals surface area contributed by atoms with Crippen LogP contribution in [0.5, 0.6) is 0 Å². The summed E-state index contributed by atoms with van der Waals surface area (Å²) in [6.45, 7) is 1.72. The van der Waals surface area contributed by atoms with Crippen molar-refractivity contribution in [3.05, 3.63) is 56.2 Å². The minimum absolute atomic E-state index is 0.299. The van der Waals surface area contributed by atoms with Crippen molar-refractivity contribution < 1.29 is 14.3 Å². The molecule has 0 bridgehead atoms. The van der Waals surface area contributed by atoms with Gasteiger partial charge in [0.05, 0.1) is 10.2 Å². The first-order chi connectivity index (χ1) is 8.90. The predicted molar refractivity (Wildman–Crippen MR) is 69.2 cm³/mol. The fourth-order valence-corrected chi connectivity index (χ4v) is 2.03. The number of hydrogen-bond acceptors (Lipinski definition) is 3. The van der Waals surface area contributed by atoms with Crippen LogP contribution in [0.15, 0.2) is 33.7 Å². The molecule has 7 heteroatoms. The molecule has 1 aromatic carbocycles. The van der Waals surface area contributed by atoms with E-state index in [4.69, 9.17) is 5.11 Å². The first-order valence-electron chi connectivity index (χ1n) is 5.19. The smallest absolute Gasteiger partial charge is 0.360 e. The maximum absolute atomic E-state index is 13.5. The molecule has 2 rings (SSSR count). The zero-order valence-corrected chi connectivity index (χ0v) is 11.3. The highest BCUT2D eigenvalue weighted by Crippen LogP contribution is 2.22. The number of aromatic nitrogens is 2. The predicted octanol–water partition coefficient (Wildman–Crippen LogP) is 2.14. The molecule has 0 amide bonds. The van der Waals surface area contributed by atoms with Gasteiger partial charge in [-0.1, -0.05) is 0 Å². The molecule has 0 radical (unpaired) electrons. The first-order valence-corrected chi connectivity index (χ1v) is 5.98. The molecule has 98 valence electrons. The lowest BCUT2D eigenvalue weighted by molar-refractivity contribution is 0.0687. The maximum Gasteiger partial charge on any atom is 0.360 e. The maximum atomic E-state index is 13.5. The largest absolute Gasteiger partial charge is 0.476 e. The molecule has 0 unspecified atom stereocenters. The third kappa shape index (κ3) is 2.55. The highest BCUT2D eigenvalue weighted by molar-refractivity contribution is 9.10. The summed E-state index contributed by atoms with van der Waals surface area (Å²) >= 11 is 3.05. The number of benzene rings is 1. The van der Waals surface area contributed by atoms with Crippen LogP contribution in [0.2, 0.25) is 0 Å². The minimum atomic E-state index is -1.42. The molecule has 1 aromatic heterocycles. The van der Waals surface area contributed by atoms with Gasteiger partial charge in [-0.25, -0.2) is 13.9 Å². The van der Waals surface area contributed by atoms with E-state index in [2.05, 4.69) is 21.0 Å². The second-order valence-corrected chi connectivity index (χ2v) is 4.69. The van der Waals surface area contributed by atoms with Crippen molar-refractivity contribution in [2.45, 2.75) is 6.92 Å². The van der Waals surface area contributed by atoms with Gasteiger partial charge in [0, 0.05) is 18.3 Å². The fourth-order valence-electron chi connectivity index (χ4n) is 1.57. The number of carbonyl (C=O) groups is 1. The van der Waals surface area contributed by atoms with Gasteiger partial charge in [0.25, 0.3) is 0 Å². The van der Waals surface area contributed by atoms with E-state index in [1.807, 2.05) is 0 Å². The lowest BCUT2D eigenvalue weighted by atomic mass is 10.2. The summed E-state index contributed by atoms with van der Waals surface area (Å²) in [5, 5.41) is 12.5. The van der Waals surface area contributed by atoms with Crippen LogP contribution in [0.4, 0.5) is 4.39 Å². The molecule has 0 fully saturated rings. The van der Waals surface area contributed by atoms with Gasteiger partial charge >= 0.3 is 5.97 Å². The lowest BCUT2D eigenvalue weighted by Crippen LogP contribution is -2.20. The van der Waals surface area contributed by atoms with Gasteiger partial charge < -0.3 is 5.11 Å². The molecule has 2 aromatic rings. The number of aromatic carboxylic acids is 1. The first kappa shape index (κ1) is 13.4. The fraction of sp³-hybridized carbons (Fsp3) is 0.0833. The van der Waals surface area contributed by atoms with E-state index in [9.17, 15) is 14.0 Å². The summed E-state index contributed by atoms with van der Waals surface area (Å²) in [7, 11) is 0. The van der Waals surface area contributed by atoms with Gasteiger partial charge in [-0.3, -0.25) is 4.79 Å². The Morgan fingerprint density at radius 1 is 1.47 bits per heavy atom. The summed E-state index contributed by atoms with van der Waals surface area (Å²) in [6, 6.07) is 3.84. The van der Waals surface area contributed by atoms with E-state index in [1.54, 1.807) is 13.0 Å². The second-order valence-electron chi connectivity index (χ2n) is 3.83. The Morgan fingerprint density at radius 3 is 2.79 bits per heavy atom. The number of nitrogens with zero attached hydrogens (tertiary/aromatic N) is 2. The molecule has 1 heterocycles. The zero-order valence-electron chi connectivity index (χ0n) is 9.72. The van der Waals surface area contributed by atoms with Gasteiger partial charge in [-0.05, 0) is 34.5 Å². The summed E-state index contributed by atoms with van der Waals surface area (Å²) < 4.78 is 15.0. The number of aryl methyl sites for hydroxylation is 1. The molecule has 0 saturated heterocycles. The van der Waals surface area contributed by atoms with E-state index in [-0.39, 0.29) is 0 Å². The Hall–Kier alpha value is -2.02. The molecule has 1 N–H and O–H groups in total. The van der Waals surface area contributed by atoms with E-state index in [0.717, 1.165) is 10.7 Å². The summed E-state index contributed by atoms with van der Waals surface area (Å²) in [5.74, 6) is -1.92. The van der Waals surface area contributed by atoms with Gasteiger partial charge in [-0.15, -0.1) is 0 Å². The normalized spacial score (nSPS) is 10.5. The average Bonchev–Trinajstić information content (AvgIpc) is 2.34. The van der Waals surface area contributed by atoms with Crippen LogP contribution in [0, 0.1) is 12.7 Å². The lowest BCUT2D eigenvalue weighted by Gasteiger charge is -2.10. The van der Waals surface area contributed by atoms with Crippen LogP contribution >= 0.6 is 15.9 Å². The zero-order chi connectivity index (χ0) is 14.2. The molecule has 19 heavy (non-hydrogen) atoms. The Kier molecular flexibility index (Phi) is 3.48. The van der Waals surface area contributed by atoms with Crippen molar-refractivity contribution in [1.29, 1.82) is 0 Å². The number of carboxylic acids is 1. The summed E-state index contributed by atoms with van der Waals surface area (Å²) in [5.41, 5.74) is -0.256. The van der Waals surface area contributed by atoms with Gasteiger partial charge in [0.1, 0.15) is 5.82 Å². The molecule has 0 aliphatic carbocycles. The Bertz CT molecular complexity index is 727. The van der Waals surface area contributed by atoms with Crippen molar-refractivity contribution in [2.75, 3.05) is 0 Å². The minimum Gasteiger partial charge on any atom is -0.476 e. The van der Waals surface area contributed by atoms with E-state index >= 15 is 0 Å². The van der Waals surface area contributed by atoms with Crippen molar-refractivity contribution >= 4 is 21.9 Å². The van der Waals surface area contributed by atoms with E-state index < -0.39 is 22.9 Å². The van der Waals surface area contributed by atoms with Gasteiger partial charge in [0.15, 0.2) is 0 Å². The van der Waals surface area contributed by atoms with Crippen LogP contribution in [0.1, 0.15) is 16.1 Å². The summed E-state index contributed by atoms with van der Waals surface area (Å²) in [4.78, 5) is 22.2. The summed E-state index contributed by atoms with van der Waals surface area (Å²) in [6.07, 6.45) is 1.30. The Morgan fingerprint density at radius 2 is 2.16 bits per heavy atom. The number of rotatable bonds is 2. The molecule has 0 atom stereocenters. The van der Waals surface area contributed by atoms with Crippen LogP contribution in [-0.2, 0) is 0 Å². The highest BCUT2D eigenvalue weighted by Gasteiger charge is 2.13. The molecular weight excluding hydrogens is 319 g/mol. The Balaban J connectivity index is 2.66. The third-order valence-corrected chi connectivity index (χ3v) is 3.10. The SMILES string of the molecule is Cc1cc(Br)c(F)cc1-n1ccc(=O)c(C(=O)O)n1. The van der Waals surface area contributed by atoms with Crippen LogP contribution in [0.25, 0.3) is 5.69 Å². The molecular formula is C12H8BrFN2O3. The van der Waals surface area contributed by atoms with Crippen molar-refractivity contribution in [3.63, 3.8) is 0 Å². The second kappa shape index (κ2) is 4.93. The quantitative estimate of drug-likeness (QED) is 0.917. The molecule has 0 saturated carbocycles. The van der Waals surface area contributed by atoms with Crippen LogP contribution in [0.3, 0.4) is 0 Å². The Labute approximate surface area is 115 Å². The molecule has 0 aliphatic rings. The molecule has 5 nitrogen and oxygen atoms in total. The van der Waals surface area contributed by atoms with Gasteiger partial charge in [-0.2, -0.15) is 5.10 Å². The molecule has 0 spiro atoms. The topological polar surface area (TPSA) is 72.2 Å². The van der Waals surface area contributed by atoms with Crippen LogP contribution in [-0.4, -0.2) is 20.9 Å². The number of hydrogen-bond donors (Lipinski definition) is 1. The van der Waals surface area contributed by atoms with Crippen molar-refractivity contribution in [2.24, 2.45) is 0 Å². The molecule has 0 aliphatic heterocycles. The number of halogens is 2. The van der Waals surface area contributed by atoms with Crippen LogP contribution < -0.4 is 5.43 Å². The monoisotopic (exact) mass is 326 g/mol. The van der Waals surface area contributed by atoms with Crippen molar-refractivity contribution in [3.8, 4) is 5.69 Å². The van der Waals surface area contributed by atoms with E-state index in [1.165, 1.54) is 12.3 Å². The van der Waals surface area contributed by atoms with Crippen molar-refractivity contribution in [1.82, 2.24) is 9.78 Å². The average molecular weight is 327 g/mol.